The number of carbonyl (C=O) groups is 1. The zero-order valence-electron chi connectivity index (χ0n) is 10.5. The highest BCUT2D eigenvalue weighted by molar-refractivity contribution is 6.11. The molecule has 0 N–H and O–H groups in total. The van der Waals surface area contributed by atoms with E-state index in [-0.39, 0.29) is 5.78 Å². The van der Waals surface area contributed by atoms with Gasteiger partial charge in [0.05, 0.1) is 20.5 Å². The summed E-state index contributed by atoms with van der Waals surface area (Å²) in [5.41, 5.74) is 1.16. The van der Waals surface area contributed by atoms with Crippen molar-refractivity contribution in [2.45, 2.75) is 6.92 Å². The normalized spacial score (nSPS) is 10.2. The molecule has 0 saturated carbocycles. The van der Waals surface area contributed by atoms with Crippen LogP contribution in [0.15, 0.2) is 34.9 Å². The minimum absolute atomic E-state index is 0.244. The van der Waals surface area contributed by atoms with Gasteiger partial charge in [0.15, 0.2) is 5.76 Å². The molecule has 4 heteroatoms. The lowest BCUT2D eigenvalue weighted by Gasteiger charge is -2.11. The van der Waals surface area contributed by atoms with Gasteiger partial charge in [-0.1, -0.05) is 6.07 Å². The van der Waals surface area contributed by atoms with E-state index in [1.807, 2.05) is 6.92 Å². The van der Waals surface area contributed by atoms with Crippen LogP contribution in [0.1, 0.15) is 21.7 Å². The van der Waals surface area contributed by atoms with Gasteiger partial charge < -0.3 is 13.9 Å². The second-order valence-corrected chi connectivity index (χ2v) is 3.80. The highest BCUT2D eigenvalue weighted by atomic mass is 16.5. The maximum atomic E-state index is 12.4. The monoisotopic (exact) mass is 246 g/mol. The molecule has 0 fully saturated rings. The van der Waals surface area contributed by atoms with Crippen molar-refractivity contribution in [3.63, 3.8) is 0 Å². The fourth-order valence-electron chi connectivity index (χ4n) is 1.79. The second kappa shape index (κ2) is 4.96. The summed E-state index contributed by atoms with van der Waals surface area (Å²) in [7, 11) is 3.03. The number of furan rings is 1. The molecule has 1 aromatic heterocycles. The van der Waals surface area contributed by atoms with Crippen LogP contribution >= 0.6 is 0 Å². The number of aryl methyl sites for hydroxylation is 1. The van der Waals surface area contributed by atoms with Gasteiger partial charge in [0.25, 0.3) is 0 Å². The van der Waals surface area contributed by atoms with Crippen molar-refractivity contribution in [3.05, 3.63) is 47.4 Å². The van der Waals surface area contributed by atoms with Crippen molar-refractivity contribution in [3.8, 4) is 11.5 Å². The van der Waals surface area contributed by atoms with Crippen molar-refractivity contribution >= 4 is 5.78 Å². The number of carbonyl (C=O) groups excluding carboxylic acids is 1. The molecule has 94 valence electrons. The minimum atomic E-state index is -0.244. The number of ether oxygens (including phenoxy) is 2. The third kappa shape index (κ3) is 1.97. The smallest absolute Gasteiger partial charge is 0.235 e. The standard InChI is InChI=1S/C14H14O4/c1-9-7-8-18-14(9)13(15)12-10(16-2)5-4-6-11(12)17-3/h4-8H,1-3H3. The molecule has 0 amide bonds. The molecule has 1 aromatic carbocycles. The van der Waals surface area contributed by atoms with Gasteiger partial charge in [0.2, 0.25) is 5.78 Å². The molecular formula is C14H14O4. The van der Waals surface area contributed by atoms with Gasteiger partial charge in [0, 0.05) is 0 Å². The van der Waals surface area contributed by atoms with E-state index in [4.69, 9.17) is 13.9 Å². The Morgan fingerprint density at radius 2 is 1.72 bits per heavy atom. The first-order chi connectivity index (χ1) is 8.69. The van der Waals surface area contributed by atoms with Crippen LogP contribution in [0.4, 0.5) is 0 Å². The van der Waals surface area contributed by atoms with E-state index in [2.05, 4.69) is 0 Å². The second-order valence-electron chi connectivity index (χ2n) is 3.80. The summed E-state index contributed by atoms with van der Waals surface area (Å²) >= 11 is 0. The van der Waals surface area contributed by atoms with Crippen molar-refractivity contribution in [2.24, 2.45) is 0 Å². The lowest BCUT2D eigenvalue weighted by atomic mass is 10.0. The van der Waals surface area contributed by atoms with Crippen LogP contribution in [0, 0.1) is 6.92 Å². The van der Waals surface area contributed by atoms with Crippen LogP contribution < -0.4 is 9.47 Å². The number of methoxy groups -OCH3 is 2. The summed E-state index contributed by atoms with van der Waals surface area (Å²) in [4.78, 5) is 12.4. The van der Waals surface area contributed by atoms with Gasteiger partial charge in [-0.3, -0.25) is 4.79 Å². The predicted molar refractivity (Wildman–Crippen MR) is 66.4 cm³/mol. The third-order valence-electron chi connectivity index (χ3n) is 2.72. The van der Waals surface area contributed by atoms with E-state index < -0.39 is 0 Å². The van der Waals surface area contributed by atoms with E-state index >= 15 is 0 Å². The minimum Gasteiger partial charge on any atom is -0.496 e. The van der Waals surface area contributed by atoms with Crippen LogP contribution in [-0.4, -0.2) is 20.0 Å². The van der Waals surface area contributed by atoms with Gasteiger partial charge in [-0.15, -0.1) is 0 Å². The van der Waals surface area contributed by atoms with E-state index in [9.17, 15) is 4.79 Å². The molecule has 0 bridgehead atoms. The molecule has 2 rings (SSSR count). The van der Waals surface area contributed by atoms with Crippen LogP contribution in [0.3, 0.4) is 0 Å². The topological polar surface area (TPSA) is 48.7 Å². The lowest BCUT2D eigenvalue weighted by molar-refractivity contribution is 0.100. The number of hydrogen-bond donors (Lipinski definition) is 0. The van der Waals surface area contributed by atoms with E-state index in [1.165, 1.54) is 20.5 Å². The molecule has 0 aliphatic rings. The Balaban J connectivity index is 2.56. The summed E-state index contributed by atoms with van der Waals surface area (Å²) in [6.45, 7) is 1.82. The lowest BCUT2D eigenvalue weighted by Crippen LogP contribution is -2.06. The SMILES string of the molecule is COc1cccc(OC)c1C(=O)c1occc1C. The maximum Gasteiger partial charge on any atom is 0.235 e. The first-order valence-electron chi connectivity index (χ1n) is 5.48. The summed E-state index contributed by atoms with van der Waals surface area (Å²) in [5.74, 6) is 0.995. The zero-order valence-corrected chi connectivity index (χ0v) is 10.5. The van der Waals surface area contributed by atoms with E-state index in [0.29, 0.717) is 22.8 Å². The highest BCUT2D eigenvalue weighted by Gasteiger charge is 2.23. The Bertz CT molecular complexity index is 547. The molecule has 0 spiro atoms. The van der Waals surface area contributed by atoms with Crippen LogP contribution in [-0.2, 0) is 0 Å². The fraction of sp³-hybridized carbons (Fsp3) is 0.214. The molecule has 0 atom stereocenters. The summed E-state index contributed by atoms with van der Waals surface area (Å²) in [6, 6.07) is 6.95. The quantitative estimate of drug-likeness (QED) is 0.778. The average molecular weight is 246 g/mol. The molecule has 0 aliphatic heterocycles. The Hall–Kier alpha value is -2.23. The van der Waals surface area contributed by atoms with Gasteiger partial charge >= 0.3 is 0 Å². The molecular weight excluding hydrogens is 232 g/mol. The van der Waals surface area contributed by atoms with E-state index in [1.54, 1.807) is 24.3 Å². The predicted octanol–water partition coefficient (Wildman–Crippen LogP) is 2.84. The molecule has 0 radical (unpaired) electrons. The zero-order chi connectivity index (χ0) is 13.1. The number of ketones is 1. The fourth-order valence-corrected chi connectivity index (χ4v) is 1.79. The first-order valence-corrected chi connectivity index (χ1v) is 5.48. The molecule has 2 aromatic rings. The average Bonchev–Trinajstić information content (AvgIpc) is 2.83. The first kappa shape index (κ1) is 12.2. The van der Waals surface area contributed by atoms with Crippen molar-refractivity contribution in [2.75, 3.05) is 14.2 Å². The van der Waals surface area contributed by atoms with Crippen molar-refractivity contribution in [1.29, 1.82) is 0 Å². The van der Waals surface area contributed by atoms with Crippen LogP contribution in [0.5, 0.6) is 11.5 Å². The van der Waals surface area contributed by atoms with Crippen molar-refractivity contribution < 1.29 is 18.7 Å². The molecule has 18 heavy (non-hydrogen) atoms. The summed E-state index contributed by atoms with van der Waals surface area (Å²) in [6.07, 6.45) is 1.49. The van der Waals surface area contributed by atoms with Gasteiger partial charge in [-0.2, -0.15) is 0 Å². The van der Waals surface area contributed by atoms with Crippen molar-refractivity contribution in [1.82, 2.24) is 0 Å². The molecule has 0 unspecified atom stereocenters. The Kier molecular flexibility index (Phi) is 3.37. The number of rotatable bonds is 4. The Labute approximate surface area is 105 Å². The Morgan fingerprint density at radius 3 is 2.17 bits per heavy atom. The van der Waals surface area contributed by atoms with E-state index in [0.717, 1.165) is 5.56 Å². The summed E-state index contributed by atoms with van der Waals surface area (Å²) in [5, 5.41) is 0. The summed E-state index contributed by atoms with van der Waals surface area (Å²) < 4.78 is 15.6. The maximum absolute atomic E-state index is 12.4. The van der Waals surface area contributed by atoms with Crippen LogP contribution in [0.2, 0.25) is 0 Å². The van der Waals surface area contributed by atoms with Gasteiger partial charge in [-0.05, 0) is 30.7 Å². The number of benzene rings is 1. The number of hydrogen-bond acceptors (Lipinski definition) is 4. The molecule has 1 heterocycles. The third-order valence-corrected chi connectivity index (χ3v) is 2.72. The Morgan fingerprint density at radius 1 is 1.11 bits per heavy atom. The molecule has 0 aliphatic carbocycles. The van der Waals surface area contributed by atoms with Gasteiger partial charge in [-0.25, -0.2) is 0 Å². The highest BCUT2D eigenvalue weighted by Crippen LogP contribution is 2.31. The van der Waals surface area contributed by atoms with Crippen LogP contribution in [0.25, 0.3) is 0 Å². The van der Waals surface area contributed by atoms with Gasteiger partial charge in [0.1, 0.15) is 17.1 Å². The largest absolute Gasteiger partial charge is 0.496 e. The molecule has 4 nitrogen and oxygen atoms in total. The molecule has 0 saturated heterocycles.